The van der Waals surface area contributed by atoms with E-state index in [1.54, 1.807) is 0 Å². The van der Waals surface area contributed by atoms with Crippen molar-refractivity contribution in [3.8, 4) is 16.9 Å². The summed E-state index contributed by atoms with van der Waals surface area (Å²) < 4.78 is 13.4. The van der Waals surface area contributed by atoms with Crippen molar-refractivity contribution in [1.29, 1.82) is 0 Å². The third-order valence-corrected chi connectivity index (χ3v) is 6.37. The molecule has 1 heterocycles. The Labute approximate surface area is 204 Å². The topological polar surface area (TPSA) is 60.7 Å². The first kappa shape index (κ1) is 22.7. The summed E-state index contributed by atoms with van der Waals surface area (Å²) in [6, 6.07) is 33.1. The SMILES string of the molecule is CO[C@@H](Cc1ccc(OCCn2c3ccccc3c3cc(-c4ccccc4)ccc32)cc1)C(=O)O. The Kier molecular flexibility index (Phi) is 6.51. The van der Waals surface area contributed by atoms with Gasteiger partial charge in [0.2, 0.25) is 0 Å². The lowest BCUT2D eigenvalue weighted by Gasteiger charge is -2.12. The number of aromatic nitrogens is 1. The lowest BCUT2D eigenvalue weighted by atomic mass is 10.0. The molecular formula is C30H27NO4. The van der Waals surface area contributed by atoms with Crippen LogP contribution in [0.2, 0.25) is 0 Å². The van der Waals surface area contributed by atoms with E-state index in [1.165, 1.54) is 40.0 Å². The zero-order valence-electron chi connectivity index (χ0n) is 19.6. The summed E-state index contributed by atoms with van der Waals surface area (Å²) in [5, 5.41) is 11.6. The molecule has 0 aliphatic carbocycles. The number of rotatable bonds is 9. The van der Waals surface area contributed by atoms with Crippen LogP contribution in [0.25, 0.3) is 32.9 Å². The third-order valence-electron chi connectivity index (χ3n) is 6.37. The Morgan fingerprint density at radius 1 is 0.829 bits per heavy atom. The van der Waals surface area contributed by atoms with Crippen LogP contribution < -0.4 is 4.74 Å². The summed E-state index contributed by atoms with van der Waals surface area (Å²) >= 11 is 0. The van der Waals surface area contributed by atoms with E-state index < -0.39 is 12.1 Å². The molecule has 0 saturated heterocycles. The molecule has 1 aromatic heterocycles. The Morgan fingerprint density at radius 3 is 2.29 bits per heavy atom. The molecule has 5 rings (SSSR count). The number of benzene rings is 4. The summed E-state index contributed by atoms with van der Waals surface area (Å²) in [6.07, 6.45) is -0.530. The predicted octanol–water partition coefficient (Wildman–Crippen LogP) is 6.18. The number of fused-ring (bicyclic) bond motifs is 3. The maximum Gasteiger partial charge on any atom is 0.333 e. The molecule has 0 aliphatic rings. The van der Waals surface area contributed by atoms with Crippen molar-refractivity contribution in [3.63, 3.8) is 0 Å². The van der Waals surface area contributed by atoms with Crippen LogP contribution in [0, 0.1) is 0 Å². The first-order valence-corrected chi connectivity index (χ1v) is 11.7. The van der Waals surface area contributed by atoms with E-state index in [-0.39, 0.29) is 0 Å². The Balaban J connectivity index is 1.34. The highest BCUT2D eigenvalue weighted by atomic mass is 16.5. The molecular weight excluding hydrogens is 438 g/mol. The van der Waals surface area contributed by atoms with Gasteiger partial charge in [0.1, 0.15) is 12.4 Å². The molecule has 176 valence electrons. The fourth-order valence-electron chi connectivity index (χ4n) is 4.57. The standard InChI is InChI=1S/C30H27NO4/c1-34-29(30(32)33)19-21-11-14-24(15-12-21)35-18-17-31-27-10-6-5-9-25(27)26-20-23(13-16-28(26)31)22-7-3-2-4-8-22/h2-16,20,29H,17-19H2,1H3,(H,32,33)/t29-/m0/s1. The summed E-state index contributed by atoms with van der Waals surface area (Å²) in [7, 11) is 1.41. The Bertz CT molecular complexity index is 1460. The number of ether oxygens (including phenoxy) is 2. The van der Waals surface area contributed by atoms with Crippen molar-refractivity contribution in [1.82, 2.24) is 4.57 Å². The second-order valence-electron chi connectivity index (χ2n) is 8.53. The molecule has 1 N–H and O–H groups in total. The van der Waals surface area contributed by atoms with Crippen LogP contribution in [0.15, 0.2) is 97.1 Å². The second-order valence-corrected chi connectivity index (χ2v) is 8.53. The molecule has 0 saturated carbocycles. The number of hydrogen-bond acceptors (Lipinski definition) is 3. The smallest absolute Gasteiger partial charge is 0.333 e. The number of hydrogen-bond donors (Lipinski definition) is 1. The van der Waals surface area contributed by atoms with Gasteiger partial charge in [-0.2, -0.15) is 0 Å². The van der Waals surface area contributed by atoms with Gasteiger partial charge in [-0.25, -0.2) is 4.79 Å². The predicted molar refractivity (Wildman–Crippen MR) is 139 cm³/mol. The quantitative estimate of drug-likeness (QED) is 0.282. The van der Waals surface area contributed by atoms with Crippen LogP contribution in [0.4, 0.5) is 0 Å². The molecule has 0 amide bonds. The van der Waals surface area contributed by atoms with Gasteiger partial charge in [-0.05, 0) is 47.0 Å². The molecule has 0 unspecified atom stereocenters. The fourth-order valence-corrected chi connectivity index (χ4v) is 4.57. The third kappa shape index (κ3) is 4.77. The molecule has 0 radical (unpaired) electrons. The molecule has 4 aromatic carbocycles. The van der Waals surface area contributed by atoms with Gasteiger partial charge in [0.25, 0.3) is 0 Å². The van der Waals surface area contributed by atoms with Gasteiger partial charge in [-0.15, -0.1) is 0 Å². The highest BCUT2D eigenvalue weighted by Gasteiger charge is 2.17. The summed E-state index contributed by atoms with van der Waals surface area (Å²) in [6.45, 7) is 1.23. The number of carbonyl (C=O) groups is 1. The van der Waals surface area contributed by atoms with Crippen LogP contribution in [0.1, 0.15) is 5.56 Å². The monoisotopic (exact) mass is 465 g/mol. The van der Waals surface area contributed by atoms with E-state index in [0.29, 0.717) is 19.6 Å². The zero-order valence-corrected chi connectivity index (χ0v) is 19.6. The zero-order chi connectivity index (χ0) is 24.2. The lowest BCUT2D eigenvalue weighted by Crippen LogP contribution is -2.24. The molecule has 0 spiro atoms. The van der Waals surface area contributed by atoms with Crippen molar-refractivity contribution in [2.75, 3.05) is 13.7 Å². The van der Waals surface area contributed by atoms with Crippen LogP contribution in [0.3, 0.4) is 0 Å². The van der Waals surface area contributed by atoms with Gasteiger partial charge in [-0.3, -0.25) is 0 Å². The number of methoxy groups -OCH3 is 1. The van der Waals surface area contributed by atoms with Crippen LogP contribution in [-0.2, 0) is 22.5 Å². The van der Waals surface area contributed by atoms with Crippen molar-refractivity contribution in [2.45, 2.75) is 19.1 Å². The molecule has 5 heteroatoms. The summed E-state index contributed by atoms with van der Waals surface area (Å²) in [4.78, 5) is 11.2. The highest BCUT2D eigenvalue weighted by molar-refractivity contribution is 6.09. The number of carboxylic acid groups (broad SMARTS) is 1. The maximum atomic E-state index is 11.2. The Morgan fingerprint density at radius 2 is 1.54 bits per heavy atom. The Hall–Kier alpha value is -4.09. The van der Waals surface area contributed by atoms with E-state index in [9.17, 15) is 4.79 Å². The van der Waals surface area contributed by atoms with Gasteiger partial charge in [0, 0.05) is 35.3 Å². The van der Waals surface area contributed by atoms with Crippen LogP contribution in [0.5, 0.6) is 5.75 Å². The minimum Gasteiger partial charge on any atom is -0.492 e. The molecule has 5 aromatic rings. The molecule has 1 atom stereocenters. The van der Waals surface area contributed by atoms with E-state index in [4.69, 9.17) is 14.6 Å². The van der Waals surface area contributed by atoms with Crippen molar-refractivity contribution >= 4 is 27.8 Å². The number of para-hydroxylation sites is 1. The second kappa shape index (κ2) is 10.0. The van der Waals surface area contributed by atoms with Gasteiger partial charge >= 0.3 is 5.97 Å². The first-order valence-electron chi connectivity index (χ1n) is 11.7. The largest absolute Gasteiger partial charge is 0.492 e. The van der Waals surface area contributed by atoms with E-state index in [2.05, 4.69) is 71.3 Å². The number of carboxylic acids is 1. The molecule has 0 bridgehead atoms. The molecule has 0 aliphatic heterocycles. The average Bonchev–Trinajstić information content (AvgIpc) is 3.21. The van der Waals surface area contributed by atoms with Gasteiger partial charge < -0.3 is 19.1 Å². The first-order chi connectivity index (χ1) is 17.1. The van der Waals surface area contributed by atoms with Gasteiger partial charge in [0.05, 0.1) is 6.54 Å². The van der Waals surface area contributed by atoms with Crippen molar-refractivity contribution in [2.24, 2.45) is 0 Å². The number of nitrogens with zero attached hydrogens (tertiary/aromatic N) is 1. The minimum absolute atomic E-state index is 0.318. The van der Waals surface area contributed by atoms with Crippen molar-refractivity contribution in [3.05, 3.63) is 103 Å². The van der Waals surface area contributed by atoms with Gasteiger partial charge in [0.15, 0.2) is 6.10 Å². The van der Waals surface area contributed by atoms with E-state index in [0.717, 1.165) is 11.3 Å². The van der Waals surface area contributed by atoms with Gasteiger partial charge in [-0.1, -0.05) is 66.7 Å². The van der Waals surface area contributed by atoms with E-state index in [1.807, 2.05) is 30.3 Å². The normalized spacial score (nSPS) is 12.1. The summed E-state index contributed by atoms with van der Waals surface area (Å²) in [5.74, 6) is -0.208. The van der Waals surface area contributed by atoms with Crippen LogP contribution >= 0.6 is 0 Å². The van der Waals surface area contributed by atoms with E-state index >= 15 is 0 Å². The minimum atomic E-state index is -0.963. The van der Waals surface area contributed by atoms with Crippen LogP contribution in [-0.4, -0.2) is 35.5 Å². The molecule has 0 fully saturated rings. The number of aliphatic carboxylic acids is 1. The molecule has 35 heavy (non-hydrogen) atoms. The highest BCUT2D eigenvalue weighted by Crippen LogP contribution is 2.32. The van der Waals surface area contributed by atoms with Crippen molar-refractivity contribution < 1.29 is 19.4 Å². The molecule has 5 nitrogen and oxygen atoms in total. The lowest BCUT2D eigenvalue weighted by molar-refractivity contribution is -0.148. The maximum absolute atomic E-state index is 11.2. The summed E-state index contributed by atoms with van der Waals surface area (Å²) in [5.41, 5.74) is 5.67. The average molecular weight is 466 g/mol. The fraction of sp³-hybridized carbons (Fsp3) is 0.167.